The molecule has 1 aliphatic rings. The van der Waals surface area contributed by atoms with Gasteiger partial charge in [0, 0.05) is 19.8 Å². The molecule has 138 valence electrons. The molecule has 0 radical (unpaired) electrons. The van der Waals surface area contributed by atoms with Crippen molar-refractivity contribution in [2.24, 2.45) is 0 Å². The molecule has 3 atom stereocenters. The van der Waals surface area contributed by atoms with E-state index >= 15 is 0 Å². The quantitative estimate of drug-likeness (QED) is 0.745. The SMILES string of the molecule is CN(C)C(=O)C[C@@H]1CC[C@@H](NC(=O)Nc2cccc(F)c2)[C@H](CO)O1. The minimum atomic E-state index is -0.591. The first kappa shape index (κ1) is 19.1. The van der Waals surface area contributed by atoms with E-state index in [-0.39, 0.29) is 31.1 Å². The van der Waals surface area contributed by atoms with Crippen LogP contribution in [0, 0.1) is 5.82 Å². The fraction of sp³-hybridized carbons (Fsp3) is 0.529. The molecule has 1 fully saturated rings. The van der Waals surface area contributed by atoms with Crippen molar-refractivity contribution in [3.8, 4) is 0 Å². The van der Waals surface area contributed by atoms with Gasteiger partial charge in [0.2, 0.25) is 5.91 Å². The topological polar surface area (TPSA) is 90.9 Å². The molecule has 1 aliphatic heterocycles. The molecular weight excluding hydrogens is 329 g/mol. The maximum absolute atomic E-state index is 13.1. The summed E-state index contributed by atoms with van der Waals surface area (Å²) in [5, 5.41) is 14.8. The zero-order valence-corrected chi connectivity index (χ0v) is 14.4. The third-order valence-corrected chi connectivity index (χ3v) is 4.10. The number of amides is 3. The molecule has 1 aromatic carbocycles. The van der Waals surface area contributed by atoms with Crippen molar-refractivity contribution < 1.29 is 23.8 Å². The molecule has 2 rings (SSSR count). The second-order valence-corrected chi connectivity index (χ2v) is 6.26. The van der Waals surface area contributed by atoms with Crippen LogP contribution in [0.25, 0.3) is 0 Å². The molecule has 0 unspecified atom stereocenters. The lowest BCUT2D eigenvalue weighted by Gasteiger charge is -2.36. The van der Waals surface area contributed by atoms with E-state index in [9.17, 15) is 19.1 Å². The van der Waals surface area contributed by atoms with Crippen LogP contribution in [0.4, 0.5) is 14.9 Å². The lowest BCUT2D eigenvalue weighted by atomic mass is 9.97. The van der Waals surface area contributed by atoms with Crippen LogP contribution < -0.4 is 10.6 Å². The fourth-order valence-electron chi connectivity index (χ4n) is 2.73. The van der Waals surface area contributed by atoms with Gasteiger partial charge in [-0.3, -0.25) is 4.79 Å². The van der Waals surface area contributed by atoms with Gasteiger partial charge < -0.3 is 25.4 Å². The van der Waals surface area contributed by atoms with Gasteiger partial charge in [-0.1, -0.05) is 6.07 Å². The smallest absolute Gasteiger partial charge is 0.319 e. The number of halogens is 1. The van der Waals surface area contributed by atoms with E-state index in [1.165, 1.54) is 23.1 Å². The first-order valence-electron chi connectivity index (χ1n) is 8.18. The number of hydrogen-bond donors (Lipinski definition) is 3. The zero-order chi connectivity index (χ0) is 18.4. The second kappa shape index (κ2) is 8.77. The highest BCUT2D eigenvalue weighted by molar-refractivity contribution is 5.89. The summed E-state index contributed by atoms with van der Waals surface area (Å²) in [6, 6.07) is 4.69. The number of carbonyl (C=O) groups is 2. The van der Waals surface area contributed by atoms with Crippen LogP contribution in [0.2, 0.25) is 0 Å². The lowest BCUT2D eigenvalue weighted by molar-refractivity contribution is -0.137. The van der Waals surface area contributed by atoms with Gasteiger partial charge in [0.1, 0.15) is 11.9 Å². The standard InChI is InChI=1S/C17H24FN3O4/c1-21(2)16(23)9-13-6-7-14(15(10-22)25-13)20-17(24)19-12-5-3-4-11(18)8-12/h3-5,8,13-15,22H,6-7,9-10H2,1-2H3,(H2,19,20,24)/t13-,14+,15-/m0/s1. The summed E-state index contributed by atoms with van der Waals surface area (Å²) < 4.78 is 18.9. The fourth-order valence-corrected chi connectivity index (χ4v) is 2.73. The minimum Gasteiger partial charge on any atom is -0.394 e. The Kier molecular flexibility index (Phi) is 6.72. The number of urea groups is 1. The Morgan fingerprint density at radius 3 is 2.76 bits per heavy atom. The summed E-state index contributed by atoms with van der Waals surface area (Å²) in [6.07, 6.45) is 0.545. The van der Waals surface area contributed by atoms with Gasteiger partial charge in [0.25, 0.3) is 0 Å². The van der Waals surface area contributed by atoms with Gasteiger partial charge in [0.05, 0.1) is 25.2 Å². The number of rotatable bonds is 5. The molecule has 1 heterocycles. The average molecular weight is 353 g/mol. The van der Waals surface area contributed by atoms with Crippen molar-refractivity contribution in [1.82, 2.24) is 10.2 Å². The summed E-state index contributed by atoms with van der Waals surface area (Å²) in [6.45, 7) is -0.266. The van der Waals surface area contributed by atoms with Gasteiger partial charge in [-0.25, -0.2) is 9.18 Å². The molecule has 0 saturated carbocycles. The number of hydrogen-bond acceptors (Lipinski definition) is 4. The predicted molar refractivity (Wildman–Crippen MR) is 90.6 cm³/mol. The van der Waals surface area contributed by atoms with Crippen LogP contribution in [0.1, 0.15) is 19.3 Å². The van der Waals surface area contributed by atoms with Gasteiger partial charge in [-0.05, 0) is 31.0 Å². The Labute approximate surface area is 146 Å². The Hall–Kier alpha value is -2.19. The van der Waals surface area contributed by atoms with E-state index in [1.807, 2.05) is 0 Å². The maximum atomic E-state index is 13.1. The molecule has 25 heavy (non-hydrogen) atoms. The van der Waals surface area contributed by atoms with Crippen LogP contribution in [-0.2, 0) is 9.53 Å². The number of carbonyl (C=O) groups excluding carboxylic acids is 2. The van der Waals surface area contributed by atoms with Gasteiger partial charge in [-0.15, -0.1) is 0 Å². The van der Waals surface area contributed by atoms with Crippen molar-refractivity contribution in [1.29, 1.82) is 0 Å². The average Bonchev–Trinajstić information content (AvgIpc) is 2.56. The third kappa shape index (κ3) is 5.68. The van der Waals surface area contributed by atoms with E-state index in [4.69, 9.17) is 4.74 Å². The highest BCUT2D eigenvalue weighted by atomic mass is 19.1. The van der Waals surface area contributed by atoms with Gasteiger partial charge >= 0.3 is 6.03 Å². The summed E-state index contributed by atoms with van der Waals surface area (Å²) >= 11 is 0. The Bertz CT molecular complexity index is 611. The molecule has 3 N–H and O–H groups in total. The molecule has 1 aromatic rings. The monoisotopic (exact) mass is 353 g/mol. The van der Waals surface area contributed by atoms with Crippen molar-refractivity contribution in [2.45, 2.75) is 37.5 Å². The number of aliphatic hydroxyl groups is 1. The maximum Gasteiger partial charge on any atom is 0.319 e. The van der Waals surface area contributed by atoms with E-state index in [1.54, 1.807) is 20.2 Å². The van der Waals surface area contributed by atoms with Gasteiger partial charge in [-0.2, -0.15) is 0 Å². The van der Waals surface area contributed by atoms with Crippen LogP contribution in [0.15, 0.2) is 24.3 Å². The molecule has 0 aromatic heterocycles. The molecule has 1 saturated heterocycles. The first-order chi connectivity index (χ1) is 11.9. The molecular formula is C17H24FN3O4. The first-order valence-corrected chi connectivity index (χ1v) is 8.18. The summed E-state index contributed by atoms with van der Waals surface area (Å²) in [7, 11) is 3.35. The second-order valence-electron chi connectivity index (χ2n) is 6.26. The molecule has 0 bridgehead atoms. The van der Waals surface area contributed by atoms with Crippen molar-refractivity contribution >= 4 is 17.6 Å². The zero-order valence-electron chi connectivity index (χ0n) is 14.4. The molecule has 8 heteroatoms. The normalized spacial score (nSPS) is 23.0. The van der Waals surface area contributed by atoms with Crippen LogP contribution in [0.3, 0.4) is 0 Å². The van der Waals surface area contributed by atoms with Crippen LogP contribution in [0.5, 0.6) is 0 Å². The van der Waals surface area contributed by atoms with Crippen molar-refractivity contribution in [2.75, 3.05) is 26.0 Å². The number of ether oxygens (including phenoxy) is 1. The Morgan fingerprint density at radius 1 is 1.36 bits per heavy atom. The highest BCUT2D eigenvalue weighted by Gasteiger charge is 2.33. The van der Waals surface area contributed by atoms with E-state index in [2.05, 4.69) is 10.6 Å². The number of benzene rings is 1. The van der Waals surface area contributed by atoms with Gasteiger partial charge in [0.15, 0.2) is 0 Å². The predicted octanol–water partition coefficient (Wildman–Crippen LogP) is 1.33. The molecule has 7 nitrogen and oxygen atoms in total. The van der Waals surface area contributed by atoms with E-state index < -0.39 is 18.0 Å². The minimum absolute atomic E-state index is 0.0445. The number of nitrogens with one attached hydrogen (secondary N) is 2. The third-order valence-electron chi connectivity index (χ3n) is 4.10. The summed E-state index contributed by atoms with van der Waals surface area (Å²) in [5.74, 6) is -0.489. The summed E-state index contributed by atoms with van der Waals surface area (Å²) in [4.78, 5) is 25.3. The highest BCUT2D eigenvalue weighted by Crippen LogP contribution is 2.22. The van der Waals surface area contributed by atoms with Crippen LogP contribution in [-0.4, -0.2) is 60.9 Å². The number of anilines is 1. The largest absolute Gasteiger partial charge is 0.394 e. The van der Waals surface area contributed by atoms with E-state index in [0.29, 0.717) is 18.5 Å². The Balaban J connectivity index is 1.87. The van der Waals surface area contributed by atoms with E-state index in [0.717, 1.165) is 0 Å². The molecule has 0 aliphatic carbocycles. The van der Waals surface area contributed by atoms with Crippen molar-refractivity contribution in [3.63, 3.8) is 0 Å². The van der Waals surface area contributed by atoms with Crippen molar-refractivity contribution in [3.05, 3.63) is 30.1 Å². The van der Waals surface area contributed by atoms with Crippen LogP contribution >= 0.6 is 0 Å². The molecule has 0 spiro atoms. The number of aliphatic hydroxyl groups excluding tert-OH is 1. The lowest BCUT2D eigenvalue weighted by Crippen LogP contribution is -2.52. The summed E-state index contributed by atoms with van der Waals surface area (Å²) in [5.41, 5.74) is 0.337. The number of nitrogens with zero attached hydrogens (tertiary/aromatic N) is 1. The molecule has 3 amide bonds. The Morgan fingerprint density at radius 2 is 2.12 bits per heavy atom.